The summed E-state index contributed by atoms with van der Waals surface area (Å²) in [5.74, 6) is 1.62. The van der Waals surface area contributed by atoms with Crippen LogP contribution in [0.3, 0.4) is 0 Å². The number of pyridine rings is 1. The van der Waals surface area contributed by atoms with E-state index in [1.807, 2.05) is 13.0 Å². The van der Waals surface area contributed by atoms with Crippen LogP contribution < -0.4 is 10.1 Å². The second kappa shape index (κ2) is 5.72. The molecule has 2 aromatic rings. The Kier molecular flexibility index (Phi) is 4.33. The molecule has 0 radical (unpaired) electrons. The average Bonchev–Trinajstić information content (AvgIpc) is 2.41. The molecule has 0 aliphatic heterocycles. The predicted octanol–water partition coefficient (Wildman–Crippen LogP) is 4.93. The van der Waals surface area contributed by atoms with E-state index in [0.717, 1.165) is 28.8 Å². The molecule has 3 nitrogen and oxygen atoms in total. The molecule has 0 aliphatic carbocycles. The van der Waals surface area contributed by atoms with Crippen LogP contribution in [0.15, 0.2) is 12.1 Å². The molecule has 1 aromatic carbocycles. The summed E-state index contributed by atoms with van der Waals surface area (Å²) in [5, 5.41) is 5.11. The number of anilines is 1. The molecule has 2 rings (SSSR count). The number of benzene rings is 1. The van der Waals surface area contributed by atoms with Gasteiger partial charge >= 0.3 is 0 Å². The number of aromatic nitrogens is 1. The average molecular weight is 307 g/mol. The van der Waals surface area contributed by atoms with Crippen LogP contribution in [0.25, 0.3) is 10.9 Å². The molecule has 0 amide bonds. The summed E-state index contributed by atoms with van der Waals surface area (Å²) in [7, 11) is 1.65. The molecule has 0 bridgehead atoms. The highest BCUT2D eigenvalue weighted by molar-refractivity contribution is 6.32. The van der Waals surface area contributed by atoms with Gasteiger partial charge in [-0.15, -0.1) is 0 Å². The van der Waals surface area contributed by atoms with Crippen LogP contribution in [0.1, 0.15) is 38.8 Å². The highest BCUT2D eigenvalue weighted by atomic mass is 35.5. The number of hydrogen-bond acceptors (Lipinski definition) is 3. The maximum atomic E-state index is 6.32. The van der Waals surface area contributed by atoms with Crippen LogP contribution in [-0.4, -0.2) is 18.6 Å². The lowest BCUT2D eigenvalue weighted by atomic mass is 9.86. The van der Waals surface area contributed by atoms with Crippen LogP contribution in [0.4, 0.5) is 5.82 Å². The molecule has 0 saturated heterocycles. The fourth-order valence-corrected chi connectivity index (χ4v) is 2.64. The van der Waals surface area contributed by atoms with Crippen molar-refractivity contribution in [2.45, 2.75) is 40.0 Å². The lowest BCUT2D eigenvalue weighted by molar-refractivity contribution is 0.419. The first-order valence-corrected chi connectivity index (χ1v) is 7.59. The number of halogens is 1. The molecule has 4 heteroatoms. The second-order valence-electron chi connectivity index (χ2n) is 6.25. The van der Waals surface area contributed by atoms with Gasteiger partial charge in [0.1, 0.15) is 17.1 Å². The van der Waals surface area contributed by atoms with E-state index in [1.165, 1.54) is 5.56 Å². The number of rotatable bonds is 3. The van der Waals surface area contributed by atoms with Gasteiger partial charge < -0.3 is 10.1 Å². The highest BCUT2D eigenvalue weighted by Gasteiger charge is 2.22. The predicted molar refractivity (Wildman–Crippen MR) is 90.9 cm³/mol. The number of ether oxygens (including phenoxy) is 1. The molecule has 0 aliphatic rings. The van der Waals surface area contributed by atoms with Crippen LogP contribution >= 0.6 is 11.6 Å². The lowest BCUT2D eigenvalue weighted by Crippen LogP contribution is -2.16. The number of aryl methyl sites for hydroxylation is 1. The van der Waals surface area contributed by atoms with Crippen LogP contribution in [0, 0.1) is 6.92 Å². The van der Waals surface area contributed by atoms with E-state index in [1.54, 1.807) is 7.11 Å². The van der Waals surface area contributed by atoms with Gasteiger partial charge in [-0.1, -0.05) is 32.4 Å². The van der Waals surface area contributed by atoms with Gasteiger partial charge in [-0.3, -0.25) is 0 Å². The largest absolute Gasteiger partial charge is 0.494 e. The Balaban J connectivity index is 2.87. The number of nitrogens with one attached hydrogen (secondary N) is 1. The van der Waals surface area contributed by atoms with Crippen molar-refractivity contribution in [1.82, 2.24) is 4.98 Å². The van der Waals surface area contributed by atoms with Crippen molar-refractivity contribution in [3.8, 4) is 5.75 Å². The van der Waals surface area contributed by atoms with Crippen molar-refractivity contribution < 1.29 is 4.74 Å². The third-order valence-corrected chi connectivity index (χ3v) is 4.04. The van der Waals surface area contributed by atoms with Crippen LogP contribution in [-0.2, 0) is 5.41 Å². The first-order chi connectivity index (χ1) is 9.79. The number of fused-ring (bicyclic) bond motifs is 1. The van der Waals surface area contributed by atoms with Crippen molar-refractivity contribution in [2.75, 3.05) is 19.0 Å². The molecule has 114 valence electrons. The summed E-state index contributed by atoms with van der Waals surface area (Å²) < 4.78 is 5.45. The molecule has 1 aromatic heterocycles. The molecule has 0 saturated carbocycles. The number of methoxy groups -OCH3 is 1. The van der Waals surface area contributed by atoms with Gasteiger partial charge in [0.05, 0.1) is 7.11 Å². The topological polar surface area (TPSA) is 34.2 Å². The smallest absolute Gasteiger partial charge is 0.146 e. The van der Waals surface area contributed by atoms with Crippen LogP contribution in [0.5, 0.6) is 5.75 Å². The molecule has 1 heterocycles. The Morgan fingerprint density at radius 2 is 1.95 bits per heavy atom. The van der Waals surface area contributed by atoms with E-state index in [9.17, 15) is 0 Å². The van der Waals surface area contributed by atoms with E-state index >= 15 is 0 Å². The maximum absolute atomic E-state index is 6.32. The van der Waals surface area contributed by atoms with Gasteiger partial charge in [0, 0.05) is 28.6 Å². The molecular formula is C17H23ClN2O. The summed E-state index contributed by atoms with van der Waals surface area (Å²) in [6, 6.07) is 4.02. The molecular weight excluding hydrogens is 284 g/mol. The molecule has 0 unspecified atom stereocenters. The minimum absolute atomic E-state index is 0.000681. The molecule has 0 spiro atoms. The Morgan fingerprint density at radius 1 is 1.29 bits per heavy atom. The first-order valence-electron chi connectivity index (χ1n) is 7.21. The minimum atomic E-state index is 0.000681. The second-order valence-corrected chi connectivity index (χ2v) is 6.65. The van der Waals surface area contributed by atoms with Crippen molar-refractivity contribution in [1.29, 1.82) is 0 Å². The van der Waals surface area contributed by atoms with Gasteiger partial charge in [0.25, 0.3) is 0 Å². The van der Waals surface area contributed by atoms with E-state index in [-0.39, 0.29) is 5.41 Å². The minimum Gasteiger partial charge on any atom is -0.494 e. The third-order valence-electron chi connectivity index (χ3n) is 3.65. The van der Waals surface area contributed by atoms with E-state index in [0.29, 0.717) is 10.8 Å². The van der Waals surface area contributed by atoms with E-state index in [2.05, 4.69) is 39.1 Å². The van der Waals surface area contributed by atoms with Crippen LogP contribution in [0.2, 0.25) is 5.02 Å². The summed E-state index contributed by atoms with van der Waals surface area (Å²) in [6.45, 7) is 11.5. The summed E-state index contributed by atoms with van der Waals surface area (Å²) in [4.78, 5) is 4.81. The summed E-state index contributed by atoms with van der Waals surface area (Å²) in [5.41, 5.74) is 3.07. The fraction of sp³-hybridized carbons (Fsp3) is 0.471. The molecule has 1 N–H and O–H groups in total. The van der Waals surface area contributed by atoms with Crippen molar-refractivity contribution in [3.05, 3.63) is 28.3 Å². The lowest BCUT2D eigenvalue weighted by Gasteiger charge is -2.24. The zero-order chi connectivity index (χ0) is 15.8. The Morgan fingerprint density at radius 3 is 2.48 bits per heavy atom. The highest BCUT2D eigenvalue weighted by Crippen LogP contribution is 2.38. The summed E-state index contributed by atoms with van der Waals surface area (Å²) >= 11 is 6.32. The first kappa shape index (κ1) is 15.9. The van der Waals surface area contributed by atoms with Crippen molar-refractivity contribution in [3.63, 3.8) is 0 Å². The van der Waals surface area contributed by atoms with E-state index < -0.39 is 0 Å². The maximum Gasteiger partial charge on any atom is 0.146 e. The normalized spacial score (nSPS) is 11.8. The number of hydrogen-bond donors (Lipinski definition) is 1. The monoisotopic (exact) mass is 306 g/mol. The van der Waals surface area contributed by atoms with Gasteiger partial charge in [-0.25, -0.2) is 4.98 Å². The quantitative estimate of drug-likeness (QED) is 0.872. The van der Waals surface area contributed by atoms with E-state index in [4.69, 9.17) is 21.3 Å². The Hall–Kier alpha value is -1.48. The zero-order valence-electron chi connectivity index (χ0n) is 13.6. The molecule has 0 fully saturated rings. The fourth-order valence-electron chi connectivity index (χ4n) is 2.44. The molecule has 21 heavy (non-hydrogen) atoms. The third kappa shape index (κ3) is 2.93. The SMILES string of the molecule is CCNc1nc2c(OC)cc(Cl)c(C)c2cc1C(C)(C)C. The zero-order valence-corrected chi connectivity index (χ0v) is 14.4. The number of nitrogens with zero attached hydrogens (tertiary/aromatic N) is 1. The van der Waals surface area contributed by atoms with Crippen molar-refractivity contribution in [2.24, 2.45) is 0 Å². The standard InChI is InChI=1S/C17H23ClN2O/c1-7-19-16-12(17(3,4)5)8-11-10(2)13(18)9-14(21-6)15(11)20-16/h8-9H,7H2,1-6H3,(H,19,20). The van der Waals surface area contributed by atoms with Crippen molar-refractivity contribution >= 4 is 28.3 Å². The Bertz CT molecular complexity index is 675. The van der Waals surface area contributed by atoms with Gasteiger partial charge in [-0.05, 0) is 30.9 Å². The van der Waals surface area contributed by atoms with Gasteiger partial charge in [0.2, 0.25) is 0 Å². The molecule has 0 atom stereocenters. The Labute approximate surface area is 131 Å². The van der Waals surface area contributed by atoms with Gasteiger partial charge in [0.15, 0.2) is 0 Å². The van der Waals surface area contributed by atoms with Gasteiger partial charge in [-0.2, -0.15) is 0 Å². The summed E-state index contributed by atoms with van der Waals surface area (Å²) in [6.07, 6.45) is 0.